The van der Waals surface area contributed by atoms with Crippen LogP contribution in [0.3, 0.4) is 0 Å². The van der Waals surface area contributed by atoms with E-state index in [1.807, 2.05) is 0 Å². The van der Waals surface area contributed by atoms with Crippen LogP contribution in [0, 0.1) is 19.8 Å². The second-order valence-corrected chi connectivity index (χ2v) is 8.10. The summed E-state index contributed by atoms with van der Waals surface area (Å²) in [6.45, 7) is 6.05. The molecule has 5 rings (SSSR count). The highest BCUT2D eigenvalue weighted by Crippen LogP contribution is 2.45. The average Bonchev–Trinajstić information content (AvgIpc) is 3.03. The van der Waals surface area contributed by atoms with Gasteiger partial charge in [-0.25, -0.2) is 0 Å². The van der Waals surface area contributed by atoms with E-state index in [1.54, 1.807) is 0 Å². The Kier molecular flexibility index (Phi) is 3.72. The zero-order valence-electron chi connectivity index (χ0n) is 15.0. The van der Waals surface area contributed by atoms with Crippen LogP contribution in [-0.2, 0) is 11.3 Å². The van der Waals surface area contributed by atoms with Crippen molar-refractivity contribution in [2.45, 2.75) is 64.2 Å². The quantitative estimate of drug-likeness (QED) is 0.891. The molecule has 2 heterocycles. The van der Waals surface area contributed by atoms with E-state index in [1.165, 1.54) is 41.5 Å². The van der Waals surface area contributed by atoms with Gasteiger partial charge >= 0.3 is 0 Å². The lowest BCUT2D eigenvalue weighted by Gasteiger charge is -2.23. The number of aromatic nitrogens is 1. The first-order valence-electron chi connectivity index (χ1n) is 9.60. The molecular weight excluding hydrogens is 312 g/mol. The van der Waals surface area contributed by atoms with Gasteiger partial charge in [-0.05, 0) is 56.6 Å². The van der Waals surface area contributed by atoms with Gasteiger partial charge in [0, 0.05) is 29.6 Å². The molecule has 3 fully saturated rings. The lowest BCUT2D eigenvalue weighted by Crippen LogP contribution is -2.34. The van der Waals surface area contributed by atoms with Gasteiger partial charge in [0.15, 0.2) is 0 Å². The Balaban J connectivity index is 1.46. The Morgan fingerprint density at radius 2 is 2.00 bits per heavy atom. The minimum Gasteiger partial charge on any atom is -0.373 e. The third-order valence-corrected chi connectivity index (χ3v) is 6.22. The maximum atomic E-state index is 6.40. The van der Waals surface area contributed by atoms with Gasteiger partial charge in [-0.15, -0.1) is 0 Å². The lowest BCUT2D eigenvalue weighted by molar-refractivity contribution is 0.00913. The summed E-state index contributed by atoms with van der Waals surface area (Å²) in [5.74, 6) is 2.29. The highest BCUT2D eigenvalue weighted by Gasteiger charge is 2.41. The number of aryl methyl sites for hydroxylation is 2. The van der Waals surface area contributed by atoms with Crippen molar-refractivity contribution in [1.82, 2.24) is 10.5 Å². The molecule has 0 spiro atoms. The molecule has 2 aliphatic carbocycles. The molecule has 2 aromatic rings. The smallest absolute Gasteiger partial charge is 0.145 e. The van der Waals surface area contributed by atoms with Gasteiger partial charge in [-0.2, -0.15) is 0 Å². The van der Waals surface area contributed by atoms with Gasteiger partial charge in [0.05, 0.1) is 12.7 Å². The van der Waals surface area contributed by atoms with E-state index in [-0.39, 0.29) is 0 Å². The number of nitrogens with zero attached hydrogens (tertiary/aromatic N) is 1. The molecule has 1 aliphatic heterocycles. The minimum atomic E-state index is 0.388. The fourth-order valence-corrected chi connectivity index (χ4v) is 4.69. The van der Waals surface area contributed by atoms with Gasteiger partial charge in [0.25, 0.3) is 0 Å². The molecule has 2 saturated carbocycles. The monoisotopic (exact) mass is 338 g/mol. The van der Waals surface area contributed by atoms with E-state index in [0.717, 1.165) is 24.4 Å². The Hall–Kier alpha value is -1.65. The number of rotatable bonds is 5. The molecule has 1 N–H and O–H groups in total. The van der Waals surface area contributed by atoms with E-state index in [0.29, 0.717) is 30.6 Å². The van der Waals surface area contributed by atoms with Crippen molar-refractivity contribution >= 4 is 0 Å². The molecule has 132 valence electrons. The summed E-state index contributed by atoms with van der Waals surface area (Å²) in [6.07, 6.45) is 5.24. The Morgan fingerprint density at radius 1 is 1.20 bits per heavy atom. The molecule has 0 radical (unpaired) electrons. The molecule has 3 aliphatic rings. The van der Waals surface area contributed by atoms with Crippen molar-refractivity contribution in [1.29, 1.82) is 0 Å². The van der Waals surface area contributed by atoms with Crippen LogP contribution in [0.25, 0.3) is 11.3 Å². The number of fused-ring (bicyclic) bond motifs is 2. The van der Waals surface area contributed by atoms with Gasteiger partial charge in [0.1, 0.15) is 11.5 Å². The zero-order valence-corrected chi connectivity index (χ0v) is 15.0. The maximum absolute atomic E-state index is 6.40. The minimum absolute atomic E-state index is 0.388. The summed E-state index contributed by atoms with van der Waals surface area (Å²) in [4.78, 5) is 0. The van der Waals surface area contributed by atoms with Gasteiger partial charge < -0.3 is 14.6 Å². The van der Waals surface area contributed by atoms with E-state index in [2.05, 4.69) is 42.5 Å². The fourth-order valence-electron chi connectivity index (χ4n) is 4.69. The summed E-state index contributed by atoms with van der Waals surface area (Å²) in [7, 11) is 0. The molecule has 1 aromatic carbocycles. The van der Waals surface area contributed by atoms with Crippen LogP contribution in [0.5, 0.6) is 0 Å². The van der Waals surface area contributed by atoms with E-state index >= 15 is 0 Å². The van der Waals surface area contributed by atoms with Crippen LogP contribution in [0.4, 0.5) is 0 Å². The molecule has 25 heavy (non-hydrogen) atoms. The number of hydrogen-bond donors (Lipinski definition) is 1. The Morgan fingerprint density at radius 3 is 2.64 bits per heavy atom. The van der Waals surface area contributed by atoms with Gasteiger partial charge in [0.2, 0.25) is 0 Å². The fraction of sp³-hybridized carbons (Fsp3) is 0.571. The normalized spacial score (nSPS) is 28.0. The number of benzene rings is 1. The molecule has 1 saturated heterocycles. The first-order chi connectivity index (χ1) is 12.2. The number of hydrogen-bond acceptors (Lipinski definition) is 4. The van der Waals surface area contributed by atoms with Crippen molar-refractivity contribution in [3.05, 3.63) is 40.6 Å². The lowest BCUT2D eigenvalue weighted by atomic mass is 9.96. The zero-order chi connectivity index (χ0) is 17.0. The van der Waals surface area contributed by atoms with E-state index in [9.17, 15) is 0 Å². The van der Waals surface area contributed by atoms with Crippen LogP contribution in [-0.4, -0.2) is 23.8 Å². The Labute approximate surface area is 148 Å². The SMILES string of the molecule is Cc1cccc(C)c1-c1noc(C2CC2)c1CO[C@@H]1C[C@@H]2C[C@H]1CN2. The Bertz CT molecular complexity index is 773. The summed E-state index contributed by atoms with van der Waals surface area (Å²) in [5.41, 5.74) is 5.91. The third-order valence-electron chi connectivity index (χ3n) is 6.22. The summed E-state index contributed by atoms with van der Waals surface area (Å²) < 4.78 is 12.2. The summed E-state index contributed by atoms with van der Waals surface area (Å²) in [6, 6.07) is 7.08. The summed E-state index contributed by atoms with van der Waals surface area (Å²) >= 11 is 0. The number of nitrogens with one attached hydrogen (secondary N) is 1. The van der Waals surface area contributed by atoms with Crippen molar-refractivity contribution in [3.63, 3.8) is 0 Å². The largest absolute Gasteiger partial charge is 0.373 e. The van der Waals surface area contributed by atoms with Crippen LogP contribution < -0.4 is 5.32 Å². The predicted octanol–water partition coefficient (Wildman–Crippen LogP) is 4.10. The number of piperidine rings is 1. The van der Waals surface area contributed by atoms with Crippen LogP contribution in [0.1, 0.15) is 54.1 Å². The molecule has 1 aromatic heterocycles. The first kappa shape index (κ1) is 15.6. The van der Waals surface area contributed by atoms with Crippen LogP contribution in [0.15, 0.2) is 22.7 Å². The highest BCUT2D eigenvalue weighted by atomic mass is 16.5. The van der Waals surface area contributed by atoms with Crippen LogP contribution in [0.2, 0.25) is 0 Å². The molecule has 2 bridgehead atoms. The van der Waals surface area contributed by atoms with Crippen molar-refractivity contribution in [3.8, 4) is 11.3 Å². The standard InChI is InChI=1S/C21H26N2O2/c1-12-4-3-5-13(2)19(12)20-17(21(25-23-20)14-6-7-14)11-24-18-9-16-8-15(18)10-22-16/h3-5,14-16,18,22H,6-11H2,1-2H3/t15-,16-,18+/m0/s1. The highest BCUT2D eigenvalue weighted by molar-refractivity contribution is 5.70. The maximum Gasteiger partial charge on any atom is 0.145 e. The predicted molar refractivity (Wildman–Crippen MR) is 96.5 cm³/mol. The first-order valence-corrected chi connectivity index (χ1v) is 9.60. The van der Waals surface area contributed by atoms with Crippen molar-refractivity contribution < 1.29 is 9.26 Å². The van der Waals surface area contributed by atoms with Crippen molar-refractivity contribution in [2.24, 2.45) is 5.92 Å². The second-order valence-electron chi connectivity index (χ2n) is 8.10. The number of ether oxygens (including phenoxy) is 1. The van der Waals surface area contributed by atoms with Crippen molar-refractivity contribution in [2.75, 3.05) is 6.54 Å². The molecule has 4 nitrogen and oxygen atoms in total. The van der Waals surface area contributed by atoms with E-state index < -0.39 is 0 Å². The van der Waals surface area contributed by atoms with Crippen LogP contribution >= 0.6 is 0 Å². The summed E-state index contributed by atoms with van der Waals surface area (Å²) in [5, 5.41) is 8.06. The molecule has 3 atom stereocenters. The topological polar surface area (TPSA) is 47.3 Å². The van der Waals surface area contributed by atoms with Gasteiger partial charge in [-0.1, -0.05) is 23.4 Å². The van der Waals surface area contributed by atoms with E-state index in [4.69, 9.17) is 9.26 Å². The second kappa shape index (κ2) is 5.96. The molecule has 0 amide bonds. The average molecular weight is 338 g/mol. The van der Waals surface area contributed by atoms with Gasteiger partial charge in [-0.3, -0.25) is 0 Å². The molecule has 4 heteroatoms. The molecule has 0 unspecified atom stereocenters. The molecular formula is C21H26N2O2. The third kappa shape index (κ3) is 2.72.